The number of ether oxygens (including phenoxy) is 2. The van der Waals surface area contributed by atoms with Crippen molar-refractivity contribution < 1.29 is 14.3 Å². The number of piperazine rings is 1. The first kappa shape index (κ1) is 23.8. The van der Waals surface area contributed by atoms with Crippen molar-refractivity contribution in [3.8, 4) is 17.2 Å². The third kappa shape index (κ3) is 4.19. The molecule has 40 heavy (non-hydrogen) atoms. The van der Waals surface area contributed by atoms with Crippen LogP contribution in [0.25, 0.3) is 16.7 Å². The van der Waals surface area contributed by atoms with Crippen LogP contribution in [0.5, 0.6) is 17.2 Å². The Labute approximate surface area is 228 Å². The van der Waals surface area contributed by atoms with Crippen LogP contribution in [0.15, 0.2) is 67.9 Å². The van der Waals surface area contributed by atoms with Gasteiger partial charge in [-0.3, -0.25) is 4.79 Å². The number of hydrogen-bond acceptors (Lipinski definition) is 10. The van der Waals surface area contributed by atoms with Gasteiger partial charge >= 0.3 is 0 Å². The summed E-state index contributed by atoms with van der Waals surface area (Å²) in [6.07, 6.45) is 6.18. The van der Waals surface area contributed by atoms with E-state index in [1.807, 2.05) is 49.5 Å². The maximum absolute atomic E-state index is 12.1. The van der Waals surface area contributed by atoms with Crippen molar-refractivity contribution in [2.45, 2.75) is 13.0 Å². The number of hydrogen-bond donors (Lipinski definition) is 1. The molecule has 1 atom stereocenters. The summed E-state index contributed by atoms with van der Waals surface area (Å²) in [7, 11) is 0. The van der Waals surface area contributed by atoms with E-state index < -0.39 is 0 Å². The van der Waals surface area contributed by atoms with Gasteiger partial charge in [-0.05, 0) is 42.8 Å². The lowest BCUT2D eigenvalue weighted by molar-refractivity contribution is -0.127. The summed E-state index contributed by atoms with van der Waals surface area (Å²) in [6, 6.07) is 11.4. The van der Waals surface area contributed by atoms with Crippen molar-refractivity contribution in [1.82, 2.24) is 34.4 Å². The molecule has 1 fully saturated rings. The van der Waals surface area contributed by atoms with E-state index in [2.05, 4.69) is 36.8 Å². The summed E-state index contributed by atoms with van der Waals surface area (Å²) in [5.41, 5.74) is 3.80. The van der Waals surface area contributed by atoms with E-state index in [1.54, 1.807) is 9.42 Å². The number of aromatic nitrogens is 6. The van der Waals surface area contributed by atoms with E-state index in [9.17, 15) is 4.79 Å². The normalized spacial score (nSPS) is 16.3. The van der Waals surface area contributed by atoms with Gasteiger partial charge in [0.2, 0.25) is 5.91 Å². The lowest BCUT2D eigenvalue weighted by Gasteiger charge is -2.44. The highest BCUT2D eigenvalue weighted by molar-refractivity contribution is 5.90. The Bertz CT molecular complexity index is 1790. The predicted molar refractivity (Wildman–Crippen MR) is 148 cm³/mol. The first-order valence-electron chi connectivity index (χ1n) is 12.9. The van der Waals surface area contributed by atoms with Crippen LogP contribution >= 0.6 is 0 Å². The van der Waals surface area contributed by atoms with Gasteiger partial charge in [-0.1, -0.05) is 6.58 Å². The molecule has 1 saturated heterocycles. The molecule has 12 heteroatoms. The molecule has 1 unspecified atom stereocenters. The molecular weight excluding hydrogens is 510 g/mol. The minimum Gasteiger partial charge on any atom is -0.487 e. The molecule has 0 bridgehead atoms. The van der Waals surface area contributed by atoms with Crippen LogP contribution < -0.4 is 19.7 Å². The molecule has 0 radical (unpaired) electrons. The molecule has 0 saturated carbocycles. The van der Waals surface area contributed by atoms with Crippen LogP contribution in [0.2, 0.25) is 0 Å². The number of anilines is 3. The lowest BCUT2D eigenvalue weighted by Crippen LogP contribution is -2.58. The number of pyridine rings is 2. The van der Waals surface area contributed by atoms with Crippen molar-refractivity contribution in [2.75, 3.05) is 36.5 Å². The third-order valence-corrected chi connectivity index (χ3v) is 7.15. The second-order valence-corrected chi connectivity index (χ2v) is 9.68. The fourth-order valence-corrected chi connectivity index (χ4v) is 5.12. The third-order valence-electron chi connectivity index (χ3n) is 7.15. The molecule has 1 aromatic carbocycles. The second-order valence-electron chi connectivity index (χ2n) is 9.68. The Kier molecular flexibility index (Phi) is 5.65. The minimum absolute atomic E-state index is 0.0109. The average molecular weight is 536 g/mol. The Hall–Kier alpha value is -5.26. The van der Waals surface area contributed by atoms with Crippen molar-refractivity contribution in [3.63, 3.8) is 0 Å². The van der Waals surface area contributed by atoms with E-state index in [0.29, 0.717) is 60.2 Å². The highest BCUT2D eigenvalue weighted by Gasteiger charge is 2.35. The van der Waals surface area contributed by atoms with Gasteiger partial charge < -0.3 is 24.6 Å². The molecule has 1 N–H and O–H groups in total. The number of amides is 1. The monoisotopic (exact) mass is 535 g/mol. The first-order valence-corrected chi connectivity index (χ1v) is 12.9. The minimum atomic E-state index is -0.0695. The fraction of sp³-hybridized carbons (Fsp3) is 0.214. The molecule has 12 nitrogen and oxygen atoms in total. The van der Waals surface area contributed by atoms with Crippen LogP contribution in [0.4, 0.5) is 17.3 Å². The van der Waals surface area contributed by atoms with E-state index in [0.717, 1.165) is 22.8 Å². The van der Waals surface area contributed by atoms with E-state index in [1.165, 1.54) is 18.7 Å². The van der Waals surface area contributed by atoms with Crippen LogP contribution in [0.3, 0.4) is 0 Å². The summed E-state index contributed by atoms with van der Waals surface area (Å²) in [5, 5.41) is 7.51. The van der Waals surface area contributed by atoms with Gasteiger partial charge in [0.25, 0.3) is 0 Å². The van der Waals surface area contributed by atoms with Gasteiger partial charge in [-0.15, -0.1) is 0 Å². The zero-order valence-electron chi connectivity index (χ0n) is 21.7. The van der Waals surface area contributed by atoms with Gasteiger partial charge in [0, 0.05) is 43.7 Å². The summed E-state index contributed by atoms with van der Waals surface area (Å²) < 4.78 is 13.8. The standard InChI is InChI=1S/C28H25N9O3/c1-3-25(38)35-8-9-36-19(13-35)14-39-23-12-21-26(34-28(23)36)27(31-15-29-21)33-18-4-5-22(17(2)10-18)40-20-6-7-37-24(11-20)30-16-32-37/h3-7,10-12,15-16,19H,1,8-9,13-14H2,2H3,(H,29,31,33). The van der Waals surface area contributed by atoms with Crippen molar-refractivity contribution in [3.05, 3.63) is 73.5 Å². The van der Waals surface area contributed by atoms with Crippen molar-refractivity contribution >= 4 is 39.9 Å². The van der Waals surface area contributed by atoms with E-state index >= 15 is 0 Å². The zero-order chi connectivity index (χ0) is 27.2. The zero-order valence-corrected chi connectivity index (χ0v) is 21.7. The Morgan fingerprint density at radius 1 is 1.15 bits per heavy atom. The summed E-state index contributed by atoms with van der Waals surface area (Å²) in [4.78, 5) is 34.2. The molecule has 1 amide bonds. The summed E-state index contributed by atoms with van der Waals surface area (Å²) in [6.45, 7) is 7.87. The van der Waals surface area contributed by atoms with E-state index in [4.69, 9.17) is 14.5 Å². The summed E-state index contributed by atoms with van der Waals surface area (Å²) in [5.74, 6) is 3.33. The Morgan fingerprint density at radius 2 is 2.08 bits per heavy atom. The van der Waals surface area contributed by atoms with Gasteiger partial charge in [-0.25, -0.2) is 24.5 Å². The molecule has 5 aromatic rings. The number of carbonyl (C=O) groups is 1. The molecule has 200 valence electrons. The van der Waals surface area contributed by atoms with E-state index in [-0.39, 0.29) is 11.9 Å². The lowest BCUT2D eigenvalue weighted by atomic mass is 10.1. The van der Waals surface area contributed by atoms with Crippen LogP contribution in [0.1, 0.15) is 5.56 Å². The molecular formula is C28H25N9O3. The average Bonchev–Trinajstić information content (AvgIpc) is 3.45. The maximum atomic E-state index is 12.1. The maximum Gasteiger partial charge on any atom is 0.246 e. The topological polar surface area (TPSA) is 123 Å². The summed E-state index contributed by atoms with van der Waals surface area (Å²) >= 11 is 0. The smallest absolute Gasteiger partial charge is 0.246 e. The second kappa shape index (κ2) is 9.49. The highest BCUT2D eigenvalue weighted by atomic mass is 16.5. The molecule has 7 rings (SSSR count). The number of nitrogens with zero attached hydrogens (tertiary/aromatic N) is 8. The number of nitrogens with one attached hydrogen (secondary N) is 1. The van der Waals surface area contributed by atoms with Gasteiger partial charge in [0.1, 0.15) is 36.3 Å². The molecule has 6 heterocycles. The number of fused-ring (bicyclic) bond motifs is 5. The van der Waals surface area contributed by atoms with Crippen molar-refractivity contribution in [2.24, 2.45) is 0 Å². The number of rotatable bonds is 5. The largest absolute Gasteiger partial charge is 0.487 e. The first-order chi connectivity index (χ1) is 19.6. The number of carbonyl (C=O) groups excluding carboxylic acids is 1. The molecule has 2 aliphatic heterocycles. The van der Waals surface area contributed by atoms with Crippen LogP contribution in [-0.4, -0.2) is 72.6 Å². The number of benzene rings is 1. The van der Waals surface area contributed by atoms with Gasteiger partial charge in [-0.2, -0.15) is 5.10 Å². The predicted octanol–water partition coefficient (Wildman–Crippen LogP) is 3.51. The number of aryl methyl sites for hydroxylation is 1. The Morgan fingerprint density at radius 3 is 2.95 bits per heavy atom. The molecule has 2 aliphatic rings. The van der Waals surface area contributed by atoms with Gasteiger partial charge in [0.05, 0.1) is 11.6 Å². The molecule has 0 spiro atoms. The van der Waals surface area contributed by atoms with Crippen molar-refractivity contribution in [1.29, 1.82) is 0 Å². The van der Waals surface area contributed by atoms with Crippen LogP contribution in [0, 0.1) is 6.92 Å². The molecule has 0 aliphatic carbocycles. The van der Waals surface area contributed by atoms with Gasteiger partial charge in [0.15, 0.2) is 23.0 Å². The molecule has 4 aromatic heterocycles. The Balaban J connectivity index is 1.15. The fourth-order valence-electron chi connectivity index (χ4n) is 5.12. The van der Waals surface area contributed by atoms with Crippen LogP contribution in [-0.2, 0) is 4.79 Å². The SMILES string of the molecule is C=CC(=O)N1CCN2c3nc4c(Nc5ccc(Oc6ccn7ncnc7c6)c(C)c5)ncnc4cc3OCC2C1. The quantitative estimate of drug-likeness (QED) is 0.335. The highest BCUT2D eigenvalue weighted by Crippen LogP contribution is 2.37.